The molecule has 0 saturated carbocycles. The minimum Gasteiger partial charge on any atom is -0.355 e. The zero-order valence-corrected chi connectivity index (χ0v) is 6.85. The molecule has 1 N–H and O–H groups in total. The molecule has 0 bridgehead atoms. The van der Waals surface area contributed by atoms with Crippen LogP contribution in [0, 0.1) is 0 Å². The summed E-state index contributed by atoms with van der Waals surface area (Å²) in [5.41, 5.74) is 0. The highest BCUT2D eigenvalue weighted by atomic mass is 16.1. The first-order valence-corrected chi connectivity index (χ1v) is 3.54. The van der Waals surface area contributed by atoms with E-state index in [1.165, 1.54) is 6.92 Å². The van der Waals surface area contributed by atoms with E-state index in [1.807, 2.05) is 13.8 Å². The Balaban J connectivity index is 2.98. The average molecular weight is 143 g/mol. The lowest BCUT2D eigenvalue weighted by atomic mass is 10.4. The Morgan fingerprint density at radius 1 is 1.60 bits per heavy atom. The van der Waals surface area contributed by atoms with Crippen molar-refractivity contribution in [1.82, 2.24) is 10.6 Å². The fourth-order valence-corrected chi connectivity index (χ4v) is 0.555. The van der Waals surface area contributed by atoms with E-state index in [1.54, 1.807) is 0 Å². The van der Waals surface area contributed by atoms with E-state index in [9.17, 15) is 4.79 Å². The van der Waals surface area contributed by atoms with E-state index in [0.717, 1.165) is 6.54 Å². The first kappa shape index (κ1) is 9.43. The van der Waals surface area contributed by atoms with Gasteiger partial charge in [-0.2, -0.15) is 0 Å². The molecule has 1 radical (unpaired) electrons. The summed E-state index contributed by atoms with van der Waals surface area (Å²) in [7, 11) is 0. The Labute approximate surface area is 62.2 Å². The summed E-state index contributed by atoms with van der Waals surface area (Å²) in [5, 5.41) is 6.85. The lowest BCUT2D eigenvalue weighted by Gasteiger charge is -2.04. The maximum absolute atomic E-state index is 10.3. The Morgan fingerprint density at radius 3 is 2.60 bits per heavy atom. The second-order valence-corrected chi connectivity index (χ2v) is 2.48. The molecule has 0 aliphatic rings. The summed E-state index contributed by atoms with van der Waals surface area (Å²) in [6.07, 6.45) is 0. The molecule has 0 aliphatic carbocycles. The SMILES string of the molecule is CC(=O)NCC[N]C(C)C. The van der Waals surface area contributed by atoms with E-state index < -0.39 is 0 Å². The zero-order chi connectivity index (χ0) is 7.98. The van der Waals surface area contributed by atoms with Crippen molar-refractivity contribution >= 4 is 5.91 Å². The summed E-state index contributed by atoms with van der Waals surface area (Å²) >= 11 is 0. The van der Waals surface area contributed by atoms with Gasteiger partial charge in [0.25, 0.3) is 0 Å². The number of rotatable bonds is 4. The highest BCUT2D eigenvalue weighted by Crippen LogP contribution is 1.76. The maximum Gasteiger partial charge on any atom is 0.216 e. The second kappa shape index (κ2) is 5.23. The molecule has 0 heterocycles. The molecule has 10 heavy (non-hydrogen) atoms. The van der Waals surface area contributed by atoms with Crippen molar-refractivity contribution in [2.24, 2.45) is 0 Å². The Morgan fingerprint density at radius 2 is 2.20 bits per heavy atom. The van der Waals surface area contributed by atoms with Crippen LogP contribution in [0.3, 0.4) is 0 Å². The molecule has 1 amide bonds. The first-order valence-electron chi connectivity index (χ1n) is 3.54. The number of hydrogen-bond donors (Lipinski definition) is 1. The van der Waals surface area contributed by atoms with Crippen molar-refractivity contribution in [3.63, 3.8) is 0 Å². The highest BCUT2D eigenvalue weighted by Gasteiger charge is 1.93. The van der Waals surface area contributed by atoms with E-state index >= 15 is 0 Å². The van der Waals surface area contributed by atoms with Crippen LogP contribution in [0.25, 0.3) is 0 Å². The molecule has 3 heteroatoms. The monoisotopic (exact) mass is 143 g/mol. The average Bonchev–Trinajstić information content (AvgIpc) is 1.79. The minimum atomic E-state index is 0.0129. The molecular weight excluding hydrogens is 128 g/mol. The van der Waals surface area contributed by atoms with Gasteiger partial charge in [-0.1, -0.05) is 0 Å². The predicted octanol–water partition coefficient (Wildman–Crippen LogP) is 0.135. The summed E-state index contributed by atoms with van der Waals surface area (Å²) in [5.74, 6) is 0.0129. The molecule has 0 aliphatic heterocycles. The zero-order valence-electron chi connectivity index (χ0n) is 6.85. The smallest absolute Gasteiger partial charge is 0.216 e. The van der Waals surface area contributed by atoms with Gasteiger partial charge in [-0.25, -0.2) is 5.32 Å². The van der Waals surface area contributed by atoms with Gasteiger partial charge in [-0.3, -0.25) is 4.79 Å². The quantitative estimate of drug-likeness (QED) is 0.559. The third-order valence-corrected chi connectivity index (χ3v) is 0.980. The van der Waals surface area contributed by atoms with Gasteiger partial charge in [0.15, 0.2) is 0 Å². The molecule has 3 nitrogen and oxygen atoms in total. The molecule has 0 atom stereocenters. The van der Waals surface area contributed by atoms with Gasteiger partial charge in [-0.05, 0) is 13.8 Å². The van der Waals surface area contributed by atoms with Gasteiger partial charge in [0.1, 0.15) is 0 Å². The van der Waals surface area contributed by atoms with Crippen LogP contribution in [0.1, 0.15) is 20.8 Å². The van der Waals surface area contributed by atoms with Crippen LogP contribution in [0.4, 0.5) is 0 Å². The van der Waals surface area contributed by atoms with Crippen LogP contribution in [-0.4, -0.2) is 25.0 Å². The highest BCUT2D eigenvalue weighted by molar-refractivity contribution is 5.72. The molecule has 0 saturated heterocycles. The van der Waals surface area contributed by atoms with E-state index in [2.05, 4.69) is 10.6 Å². The van der Waals surface area contributed by atoms with Crippen LogP contribution < -0.4 is 10.6 Å². The third-order valence-electron chi connectivity index (χ3n) is 0.980. The third kappa shape index (κ3) is 7.43. The van der Waals surface area contributed by atoms with E-state index in [-0.39, 0.29) is 5.91 Å². The summed E-state index contributed by atoms with van der Waals surface area (Å²) in [6.45, 7) is 6.93. The maximum atomic E-state index is 10.3. The van der Waals surface area contributed by atoms with Crippen molar-refractivity contribution in [3.05, 3.63) is 0 Å². The lowest BCUT2D eigenvalue weighted by Crippen LogP contribution is -2.29. The van der Waals surface area contributed by atoms with Crippen LogP contribution in [-0.2, 0) is 4.79 Å². The molecule has 0 aromatic heterocycles. The van der Waals surface area contributed by atoms with Crippen LogP contribution >= 0.6 is 0 Å². The van der Waals surface area contributed by atoms with Crippen LogP contribution in [0.5, 0.6) is 0 Å². The Hall–Kier alpha value is -0.570. The van der Waals surface area contributed by atoms with Gasteiger partial charge >= 0.3 is 0 Å². The first-order chi connectivity index (χ1) is 4.63. The molecule has 59 valence electrons. The lowest BCUT2D eigenvalue weighted by molar-refractivity contribution is -0.118. The Bertz CT molecular complexity index is 102. The fourth-order valence-electron chi connectivity index (χ4n) is 0.555. The normalized spacial score (nSPS) is 10.0. The van der Waals surface area contributed by atoms with Crippen molar-refractivity contribution in [3.8, 4) is 0 Å². The van der Waals surface area contributed by atoms with Crippen molar-refractivity contribution < 1.29 is 4.79 Å². The number of amides is 1. The van der Waals surface area contributed by atoms with Gasteiger partial charge < -0.3 is 5.32 Å². The largest absolute Gasteiger partial charge is 0.355 e. The topological polar surface area (TPSA) is 43.2 Å². The van der Waals surface area contributed by atoms with E-state index in [0.29, 0.717) is 12.6 Å². The molecular formula is C7H15N2O. The fraction of sp³-hybridized carbons (Fsp3) is 0.857. The van der Waals surface area contributed by atoms with Gasteiger partial charge in [0, 0.05) is 26.1 Å². The Kier molecular flexibility index (Phi) is 4.94. The molecule has 0 aromatic rings. The van der Waals surface area contributed by atoms with Crippen molar-refractivity contribution in [2.45, 2.75) is 26.8 Å². The number of carbonyl (C=O) groups excluding carboxylic acids is 1. The van der Waals surface area contributed by atoms with Gasteiger partial charge in [0.05, 0.1) is 0 Å². The van der Waals surface area contributed by atoms with Crippen molar-refractivity contribution in [2.75, 3.05) is 13.1 Å². The van der Waals surface area contributed by atoms with Crippen LogP contribution in [0.15, 0.2) is 0 Å². The second-order valence-electron chi connectivity index (χ2n) is 2.48. The van der Waals surface area contributed by atoms with Gasteiger partial charge in [0.2, 0.25) is 5.91 Å². The predicted molar refractivity (Wildman–Crippen MR) is 40.8 cm³/mol. The molecule has 0 spiro atoms. The minimum absolute atomic E-state index is 0.0129. The number of nitrogens with zero attached hydrogens (tertiary/aromatic N) is 1. The van der Waals surface area contributed by atoms with Crippen molar-refractivity contribution in [1.29, 1.82) is 0 Å². The van der Waals surface area contributed by atoms with E-state index in [4.69, 9.17) is 0 Å². The standard InChI is InChI=1S/C7H15N2O/c1-6(2)8-4-5-9-7(3)10/h6H,4-5H2,1-3H3,(H,9,10). The summed E-state index contributed by atoms with van der Waals surface area (Å²) < 4.78 is 0. The number of nitrogens with one attached hydrogen (secondary N) is 1. The summed E-state index contributed by atoms with van der Waals surface area (Å²) in [4.78, 5) is 10.3. The molecule has 0 aromatic carbocycles. The molecule has 0 unspecified atom stereocenters. The van der Waals surface area contributed by atoms with Crippen LogP contribution in [0.2, 0.25) is 0 Å². The summed E-state index contributed by atoms with van der Waals surface area (Å²) in [6, 6.07) is 0.369. The molecule has 0 rings (SSSR count). The number of carbonyl (C=O) groups is 1. The number of hydrogen-bond acceptors (Lipinski definition) is 1. The molecule has 0 fully saturated rings. The van der Waals surface area contributed by atoms with Gasteiger partial charge in [-0.15, -0.1) is 0 Å².